The van der Waals surface area contributed by atoms with E-state index in [1.54, 1.807) is 25.7 Å². The maximum atomic E-state index is 13.5. The minimum absolute atomic E-state index is 0.190. The number of fused-ring (bicyclic) bond motifs is 2. The van der Waals surface area contributed by atoms with E-state index in [1.165, 1.54) is 12.4 Å². The fourth-order valence-electron chi connectivity index (χ4n) is 6.07. The molecular formula is C34H41N7O5. The maximum absolute atomic E-state index is 13.5. The highest BCUT2D eigenvalue weighted by molar-refractivity contribution is 5.90. The first-order valence-electron chi connectivity index (χ1n) is 15.6. The van der Waals surface area contributed by atoms with Gasteiger partial charge in [0.15, 0.2) is 0 Å². The largest absolute Gasteiger partial charge is 0.444 e. The van der Waals surface area contributed by atoms with E-state index in [2.05, 4.69) is 38.6 Å². The van der Waals surface area contributed by atoms with Gasteiger partial charge in [-0.3, -0.25) is 0 Å². The van der Waals surface area contributed by atoms with Crippen LogP contribution in [0, 0.1) is 6.92 Å². The van der Waals surface area contributed by atoms with Crippen LogP contribution in [0.15, 0.2) is 43.0 Å². The molecule has 4 aromatic rings. The van der Waals surface area contributed by atoms with Crippen LogP contribution in [0.3, 0.4) is 0 Å². The summed E-state index contributed by atoms with van der Waals surface area (Å²) in [5, 5.41) is 7.97. The normalized spacial score (nSPS) is 16.5. The van der Waals surface area contributed by atoms with Crippen LogP contribution in [-0.2, 0) is 22.6 Å². The lowest BCUT2D eigenvalue weighted by molar-refractivity contribution is 0.0223. The number of carbonyl (C=O) groups excluding carboxylic acids is 3. The molecule has 12 nitrogen and oxygen atoms in total. The van der Waals surface area contributed by atoms with Gasteiger partial charge < -0.3 is 29.6 Å². The molecule has 2 aliphatic heterocycles. The van der Waals surface area contributed by atoms with Gasteiger partial charge in [-0.2, -0.15) is 9.78 Å². The highest BCUT2D eigenvalue weighted by atomic mass is 16.6. The summed E-state index contributed by atoms with van der Waals surface area (Å²) >= 11 is 0. The molecule has 1 fully saturated rings. The van der Waals surface area contributed by atoms with Crippen molar-refractivity contribution in [1.82, 2.24) is 29.5 Å². The number of pyridine rings is 1. The van der Waals surface area contributed by atoms with Gasteiger partial charge in [0.2, 0.25) is 0 Å². The Bertz CT molecular complexity index is 1830. The first kappa shape index (κ1) is 31.1. The molecule has 5 heterocycles. The van der Waals surface area contributed by atoms with Crippen LogP contribution in [0.1, 0.15) is 82.7 Å². The first-order chi connectivity index (χ1) is 21.6. The second-order valence-corrected chi connectivity index (χ2v) is 14.1. The fraction of sp³-hybridized carbons (Fsp3) is 0.441. The average molecular weight is 628 g/mol. The topological polar surface area (TPSA) is 135 Å². The molecule has 0 bridgehead atoms. The van der Waals surface area contributed by atoms with Crippen molar-refractivity contribution in [2.45, 2.75) is 91.6 Å². The zero-order valence-electron chi connectivity index (χ0n) is 27.4. The monoisotopic (exact) mass is 627 g/mol. The number of likely N-dealkylation sites (tertiary alicyclic amines) is 1. The van der Waals surface area contributed by atoms with Gasteiger partial charge >= 0.3 is 18.2 Å². The van der Waals surface area contributed by atoms with Crippen molar-refractivity contribution >= 4 is 34.9 Å². The Balaban J connectivity index is 1.31. The Kier molecular flexibility index (Phi) is 7.77. The number of rotatable bonds is 3. The molecule has 2 N–H and O–H groups in total. The molecule has 6 rings (SSSR count). The minimum Gasteiger partial charge on any atom is -0.444 e. The molecule has 2 aliphatic rings. The zero-order chi connectivity index (χ0) is 33.0. The van der Waals surface area contributed by atoms with E-state index in [1.807, 2.05) is 45.0 Å². The van der Waals surface area contributed by atoms with Gasteiger partial charge in [0.1, 0.15) is 16.8 Å². The van der Waals surface area contributed by atoms with Crippen LogP contribution in [0.5, 0.6) is 0 Å². The van der Waals surface area contributed by atoms with Crippen LogP contribution >= 0.6 is 0 Å². The number of aromatic nitrogens is 4. The molecule has 46 heavy (non-hydrogen) atoms. The van der Waals surface area contributed by atoms with Crippen molar-refractivity contribution in [2.75, 3.05) is 11.9 Å². The number of benzene rings is 1. The number of hydrogen-bond acceptors (Lipinski definition) is 7. The number of H-pyrrole nitrogens is 1. The molecule has 0 radical (unpaired) electrons. The molecule has 0 saturated carbocycles. The molecule has 1 atom stereocenters. The third-order valence-electron chi connectivity index (χ3n) is 8.10. The summed E-state index contributed by atoms with van der Waals surface area (Å²) in [7, 11) is 0. The summed E-state index contributed by atoms with van der Waals surface area (Å²) in [5.41, 5.74) is 5.99. The Morgan fingerprint density at radius 1 is 0.957 bits per heavy atom. The third-order valence-corrected chi connectivity index (χ3v) is 8.10. The molecule has 12 heteroatoms. The number of carbonyl (C=O) groups is 3. The molecule has 3 amide bonds. The van der Waals surface area contributed by atoms with E-state index in [0.29, 0.717) is 25.3 Å². The Hall–Kier alpha value is -4.87. The fourth-order valence-corrected chi connectivity index (χ4v) is 6.07. The molecule has 0 aliphatic carbocycles. The third kappa shape index (κ3) is 6.42. The Labute approximate surface area is 268 Å². The second kappa shape index (κ2) is 11.5. The quantitative estimate of drug-likeness (QED) is 0.247. The van der Waals surface area contributed by atoms with Gasteiger partial charge in [0, 0.05) is 43.0 Å². The van der Waals surface area contributed by atoms with Gasteiger partial charge in [-0.15, -0.1) is 0 Å². The summed E-state index contributed by atoms with van der Waals surface area (Å²) in [4.78, 5) is 50.7. The number of hydrogen-bond donors (Lipinski definition) is 2. The molecule has 1 saturated heterocycles. The van der Waals surface area contributed by atoms with Gasteiger partial charge in [-0.25, -0.2) is 19.4 Å². The van der Waals surface area contributed by atoms with Crippen molar-refractivity contribution < 1.29 is 23.9 Å². The molecule has 3 aromatic heterocycles. The first-order valence-corrected chi connectivity index (χ1v) is 15.6. The number of aryl methyl sites for hydroxylation is 1. The number of aromatic amines is 1. The standard InChI is InChI=1S/C34H41N7O5/c1-20-14-35-29-25(20)13-22(15-36-29)21-11-23-17-39(30(42)38-24-16-37-41(18-24)32(44)46-34(5,6)7)19-27(23)26(12-21)28-9-8-10-40(28)31(43)45-33(2,3)4/h11-16,18,28H,8-10,17,19H2,1-7H3,(H,35,36)(H,38,42)/t28-/m0/s1. The zero-order valence-corrected chi connectivity index (χ0v) is 27.4. The number of ether oxygens (including phenoxy) is 2. The molecular weight excluding hydrogens is 586 g/mol. The van der Waals surface area contributed by atoms with E-state index in [0.717, 1.165) is 61.9 Å². The number of amides is 3. The lowest BCUT2D eigenvalue weighted by atomic mass is 9.91. The van der Waals surface area contributed by atoms with Crippen molar-refractivity contribution in [2.24, 2.45) is 0 Å². The van der Waals surface area contributed by atoms with Gasteiger partial charge in [0.05, 0.1) is 24.1 Å². The van der Waals surface area contributed by atoms with E-state index < -0.39 is 17.3 Å². The van der Waals surface area contributed by atoms with E-state index in [4.69, 9.17) is 9.47 Å². The van der Waals surface area contributed by atoms with Crippen molar-refractivity contribution in [3.8, 4) is 11.1 Å². The molecule has 0 spiro atoms. The van der Waals surface area contributed by atoms with E-state index in [9.17, 15) is 14.4 Å². The van der Waals surface area contributed by atoms with Crippen LogP contribution in [-0.4, -0.2) is 65.5 Å². The van der Waals surface area contributed by atoms with Crippen LogP contribution < -0.4 is 5.32 Å². The van der Waals surface area contributed by atoms with Crippen LogP contribution in [0.25, 0.3) is 22.2 Å². The summed E-state index contributed by atoms with van der Waals surface area (Å²) in [5.74, 6) is 0. The molecule has 0 unspecified atom stereocenters. The highest BCUT2D eigenvalue weighted by Gasteiger charge is 2.37. The maximum Gasteiger partial charge on any atom is 0.435 e. The second-order valence-electron chi connectivity index (χ2n) is 14.1. The lowest BCUT2D eigenvalue weighted by Crippen LogP contribution is -2.36. The summed E-state index contributed by atoms with van der Waals surface area (Å²) in [6, 6.07) is 5.87. The predicted molar refractivity (Wildman–Crippen MR) is 173 cm³/mol. The summed E-state index contributed by atoms with van der Waals surface area (Å²) < 4.78 is 12.2. The number of nitrogens with zero attached hydrogens (tertiary/aromatic N) is 5. The Morgan fingerprint density at radius 2 is 1.70 bits per heavy atom. The van der Waals surface area contributed by atoms with Gasteiger partial charge in [-0.1, -0.05) is 0 Å². The average Bonchev–Trinajstić information content (AvgIpc) is 3.76. The van der Waals surface area contributed by atoms with Crippen molar-refractivity contribution in [3.63, 3.8) is 0 Å². The highest BCUT2D eigenvalue weighted by Crippen LogP contribution is 2.41. The van der Waals surface area contributed by atoms with Crippen molar-refractivity contribution in [1.29, 1.82) is 0 Å². The van der Waals surface area contributed by atoms with Crippen LogP contribution in [0.4, 0.5) is 20.1 Å². The minimum atomic E-state index is -0.676. The van der Waals surface area contributed by atoms with E-state index >= 15 is 0 Å². The SMILES string of the molecule is Cc1c[nH]c2ncc(-c3cc4c(c([C@@H]5CCCN5C(=O)OC(C)(C)C)c3)CN(C(=O)Nc3cnn(C(=O)OC(C)(C)C)c3)C4)cc12. The van der Waals surface area contributed by atoms with Crippen molar-refractivity contribution in [3.05, 3.63) is 65.2 Å². The number of anilines is 1. The summed E-state index contributed by atoms with van der Waals surface area (Å²) in [6.45, 7) is 14.3. The van der Waals surface area contributed by atoms with Gasteiger partial charge in [0.25, 0.3) is 0 Å². The number of nitrogens with one attached hydrogen (secondary N) is 2. The molecule has 1 aromatic carbocycles. The summed E-state index contributed by atoms with van der Waals surface area (Å²) in [6.07, 6.45) is 7.32. The number of urea groups is 1. The molecule has 242 valence electrons. The predicted octanol–water partition coefficient (Wildman–Crippen LogP) is 7.14. The van der Waals surface area contributed by atoms with Crippen LogP contribution in [0.2, 0.25) is 0 Å². The smallest absolute Gasteiger partial charge is 0.435 e. The lowest BCUT2D eigenvalue weighted by Gasteiger charge is -2.30. The van der Waals surface area contributed by atoms with E-state index in [-0.39, 0.29) is 18.2 Å². The van der Waals surface area contributed by atoms with Gasteiger partial charge in [-0.05, 0) is 107 Å². The Morgan fingerprint density at radius 3 is 2.43 bits per heavy atom.